The van der Waals surface area contributed by atoms with Crippen LogP contribution in [-0.2, 0) is 10.8 Å². The van der Waals surface area contributed by atoms with Crippen LogP contribution in [0, 0.1) is 0 Å². The molecule has 0 unspecified atom stereocenters. The van der Waals surface area contributed by atoms with Crippen molar-refractivity contribution < 1.29 is 0 Å². The average Bonchev–Trinajstić information content (AvgIpc) is 3.27. The lowest BCUT2D eigenvalue weighted by atomic mass is 9.36. The summed E-state index contributed by atoms with van der Waals surface area (Å²) in [4.78, 5) is 5.44. The highest BCUT2D eigenvalue weighted by atomic mass is 32.2. The zero-order valence-electron chi connectivity index (χ0n) is 35.6. The fourth-order valence-corrected chi connectivity index (χ4v) is 12.2. The summed E-state index contributed by atoms with van der Waals surface area (Å²) in [5.41, 5.74) is 17.1. The van der Waals surface area contributed by atoms with Crippen molar-refractivity contribution in [2.24, 2.45) is 0 Å². The molecule has 0 bridgehead atoms. The van der Waals surface area contributed by atoms with Crippen LogP contribution in [0.4, 0.5) is 0 Å². The Hall–Kier alpha value is -5.74. The molecule has 0 spiro atoms. The largest absolute Gasteiger partial charge is 0.247 e. The van der Waals surface area contributed by atoms with Gasteiger partial charge < -0.3 is 0 Å². The van der Waals surface area contributed by atoms with E-state index in [1.165, 1.54) is 113 Å². The van der Waals surface area contributed by atoms with Gasteiger partial charge in [0.25, 0.3) is 0 Å². The van der Waals surface area contributed by atoms with Gasteiger partial charge in [-0.05, 0) is 136 Å². The van der Waals surface area contributed by atoms with Gasteiger partial charge in [-0.3, -0.25) is 0 Å². The van der Waals surface area contributed by atoms with Crippen LogP contribution in [-0.4, -0.2) is 6.71 Å². The lowest BCUT2D eigenvalue weighted by molar-refractivity contribution is 0.590. The first-order valence-electron chi connectivity index (χ1n) is 21.5. The summed E-state index contributed by atoms with van der Waals surface area (Å²) < 4.78 is 0. The minimum Gasteiger partial charge on any atom is -0.0911 e. The topological polar surface area (TPSA) is 0 Å². The van der Waals surface area contributed by atoms with E-state index in [2.05, 4.69) is 217 Å². The molecule has 0 atom stereocenters. The van der Waals surface area contributed by atoms with Crippen molar-refractivity contribution in [2.75, 3.05) is 0 Å². The quantitative estimate of drug-likeness (QED) is 0.128. The summed E-state index contributed by atoms with van der Waals surface area (Å²) in [6.07, 6.45) is 0. The van der Waals surface area contributed by atoms with Crippen LogP contribution < -0.4 is 16.4 Å². The lowest BCUT2D eigenvalue weighted by Crippen LogP contribution is -2.58. The summed E-state index contributed by atoms with van der Waals surface area (Å²) in [5, 5.41) is 5.08. The van der Waals surface area contributed by atoms with E-state index in [0.717, 1.165) is 0 Å². The van der Waals surface area contributed by atoms with Gasteiger partial charge in [-0.1, -0.05) is 209 Å². The van der Waals surface area contributed by atoms with Crippen molar-refractivity contribution in [3.8, 4) is 44.5 Å². The Labute approximate surface area is 369 Å². The predicted octanol–water partition coefficient (Wildman–Crippen LogP) is 14.7. The van der Waals surface area contributed by atoms with Crippen LogP contribution in [0.3, 0.4) is 0 Å². The molecule has 61 heavy (non-hydrogen) atoms. The van der Waals surface area contributed by atoms with Gasteiger partial charge in [-0.2, -0.15) is 0 Å². The van der Waals surface area contributed by atoms with Gasteiger partial charge in [0.2, 0.25) is 6.71 Å². The van der Waals surface area contributed by atoms with Crippen molar-refractivity contribution in [2.45, 2.75) is 72.0 Å². The first-order chi connectivity index (χ1) is 29.5. The second kappa shape index (κ2) is 14.4. The van der Waals surface area contributed by atoms with E-state index < -0.39 is 0 Å². The highest BCUT2D eigenvalue weighted by Crippen LogP contribution is 2.47. The van der Waals surface area contributed by atoms with Gasteiger partial charge in [0, 0.05) is 19.6 Å². The van der Waals surface area contributed by atoms with E-state index in [4.69, 9.17) is 0 Å². The van der Waals surface area contributed by atoms with E-state index in [-0.39, 0.29) is 17.5 Å². The molecule has 0 saturated carbocycles. The van der Waals surface area contributed by atoms with Crippen LogP contribution in [0.2, 0.25) is 0 Å². The average molecular weight is 819 g/mol. The van der Waals surface area contributed by atoms with Crippen molar-refractivity contribution in [3.63, 3.8) is 0 Å². The third kappa shape index (κ3) is 6.56. The Morgan fingerprint density at radius 3 is 1.43 bits per heavy atom. The first kappa shape index (κ1) is 38.2. The Morgan fingerprint density at radius 1 is 0.328 bits per heavy atom. The zero-order valence-corrected chi connectivity index (χ0v) is 37.3. The second-order valence-corrected chi connectivity index (χ2v) is 21.1. The minimum absolute atomic E-state index is 0.0303. The molecule has 0 fully saturated rings. The molecule has 0 radical (unpaired) electrons. The molecule has 2 heterocycles. The summed E-state index contributed by atoms with van der Waals surface area (Å²) >= 11 is 3.89. The van der Waals surface area contributed by atoms with Gasteiger partial charge in [0.1, 0.15) is 0 Å². The molecule has 3 heteroatoms. The highest BCUT2D eigenvalue weighted by Gasteiger charge is 2.39. The summed E-state index contributed by atoms with van der Waals surface area (Å²) in [5.74, 6) is 0. The van der Waals surface area contributed by atoms with Crippen molar-refractivity contribution >= 4 is 68.2 Å². The van der Waals surface area contributed by atoms with Crippen molar-refractivity contribution in [3.05, 3.63) is 187 Å². The third-order valence-electron chi connectivity index (χ3n) is 12.9. The van der Waals surface area contributed by atoms with E-state index in [9.17, 15) is 0 Å². The normalized spacial score (nSPS) is 13.2. The van der Waals surface area contributed by atoms with Crippen LogP contribution >= 0.6 is 23.5 Å². The second-order valence-electron chi connectivity index (χ2n) is 18.9. The van der Waals surface area contributed by atoms with Crippen LogP contribution in [0.1, 0.15) is 52.7 Å². The van der Waals surface area contributed by atoms with Crippen LogP contribution in [0.25, 0.3) is 66.1 Å². The molecule has 2 aliphatic heterocycles. The molecule has 9 aromatic carbocycles. The maximum absolute atomic E-state index is 2.50. The Kier molecular flexibility index (Phi) is 9.04. The minimum atomic E-state index is 0.0303. The monoisotopic (exact) mass is 818 g/mol. The molecule has 294 valence electrons. The smallest absolute Gasteiger partial charge is 0.0911 e. The Bertz CT molecular complexity index is 3140. The Balaban J connectivity index is 1.17. The Morgan fingerprint density at radius 2 is 0.803 bits per heavy atom. The first-order valence-corrected chi connectivity index (χ1v) is 23.2. The van der Waals surface area contributed by atoms with E-state index in [1.807, 2.05) is 23.5 Å². The molecular weight excluding hydrogens is 772 g/mol. The molecule has 0 aromatic heterocycles. The van der Waals surface area contributed by atoms with Crippen LogP contribution in [0.5, 0.6) is 0 Å². The summed E-state index contributed by atoms with van der Waals surface area (Å²) in [6, 6.07) is 66.8. The molecule has 0 nitrogen and oxygen atoms in total. The fraction of sp³-hybridized carbons (Fsp3) is 0.138. The maximum atomic E-state index is 2.50. The number of hydrogen-bond acceptors (Lipinski definition) is 2. The summed E-state index contributed by atoms with van der Waals surface area (Å²) in [7, 11) is 0. The standard InChI is InChI=1S/C58H47BS2/c1-57(2,3)42-20-16-19-37(32-42)38-29-39(31-41(30-38)55-46-23-12-10-21-44(46)54(36-17-8-7-9-18-36)45-22-11-13-24-47(45)55)40-33-52-56-53(34-40)61-51-28-27-43(58(4,5)6)35-49(51)59(56)48-25-14-15-26-50(48)60-52/h7-35H,1-6H3. The number of benzene rings is 9. The maximum Gasteiger partial charge on any atom is 0.247 e. The fourth-order valence-electron chi connectivity index (χ4n) is 9.71. The summed E-state index contributed by atoms with van der Waals surface area (Å²) in [6.45, 7) is 14.1. The van der Waals surface area contributed by atoms with Crippen molar-refractivity contribution in [1.29, 1.82) is 0 Å². The predicted molar refractivity (Wildman–Crippen MR) is 266 cm³/mol. The molecule has 0 N–H and O–H groups in total. The van der Waals surface area contributed by atoms with E-state index in [0.29, 0.717) is 0 Å². The molecule has 0 aliphatic carbocycles. The van der Waals surface area contributed by atoms with Gasteiger partial charge >= 0.3 is 0 Å². The van der Waals surface area contributed by atoms with Gasteiger partial charge in [-0.15, -0.1) is 0 Å². The molecule has 0 amide bonds. The molecular formula is C58H47BS2. The molecule has 9 aromatic rings. The molecule has 11 rings (SSSR count). The van der Waals surface area contributed by atoms with E-state index in [1.54, 1.807) is 0 Å². The highest BCUT2D eigenvalue weighted by molar-refractivity contribution is 8.01. The SMILES string of the molecule is CC(C)(C)c1cccc(-c2cc(-c3cc4c5c(c3)Sc3ccc(C(C)(C)C)cc3B5c3ccccc3S4)cc(-c3c4ccccc4c(-c4ccccc4)c4ccccc34)c2)c1. The number of hydrogen-bond donors (Lipinski definition) is 0. The van der Waals surface area contributed by atoms with Crippen molar-refractivity contribution in [1.82, 2.24) is 0 Å². The van der Waals surface area contributed by atoms with E-state index >= 15 is 0 Å². The lowest BCUT2D eigenvalue weighted by Gasteiger charge is -2.34. The number of fused-ring (bicyclic) bond motifs is 6. The molecule has 2 aliphatic rings. The van der Waals surface area contributed by atoms with Crippen LogP contribution in [0.15, 0.2) is 196 Å². The third-order valence-corrected chi connectivity index (χ3v) is 15.2. The number of rotatable bonds is 4. The van der Waals surface area contributed by atoms with Gasteiger partial charge in [0.15, 0.2) is 0 Å². The molecule has 0 saturated heterocycles. The van der Waals surface area contributed by atoms with Gasteiger partial charge in [-0.25, -0.2) is 0 Å². The zero-order chi connectivity index (χ0) is 41.6. The van der Waals surface area contributed by atoms with Gasteiger partial charge in [0.05, 0.1) is 0 Å².